The highest BCUT2D eigenvalue weighted by Crippen LogP contribution is 2.48. The predicted octanol–water partition coefficient (Wildman–Crippen LogP) is 2.56. The zero-order chi connectivity index (χ0) is 8.60. The number of nitrogens with one attached hydrogen (secondary N) is 1. The molecule has 1 nitrogen and oxygen atoms in total. The summed E-state index contributed by atoms with van der Waals surface area (Å²) in [5.41, 5.74) is 0.635. The summed E-state index contributed by atoms with van der Waals surface area (Å²) in [7, 11) is 2.15. The largest absolute Gasteiger partial charge is 0.316 e. The van der Waals surface area contributed by atoms with Gasteiger partial charge in [0.1, 0.15) is 0 Å². The van der Waals surface area contributed by atoms with Crippen LogP contribution in [0.15, 0.2) is 0 Å². The van der Waals surface area contributed by atoms with E-state index in [1.165, 1.54) is 38.5 Å². The molecule has 1 N–H and O–H groups in total. The Morgan fingerprint density at radius 1 is 1.25 bits per heavy atom. The summed E-state index contributed by atoms with van der Waals surface area (Å²) < 4.78 is 0. The van der Waals surface area contributed by atoms with Crippen LogP contribution in [0.3, 0.4) is 0 Å². The molecule has 2 aliphatic rings. The molecule has 0 spiro atoms. The second-order valence-electron chi connectivity index (χ2n) is 4.96. The van der Waals surface area contributed by atoms with Crippen LogP contribution >= 0.6 is 0 Å². The maximum absolute atomic E-state index is 3.55. The fourth-order valence-corrected chi connectivity index (χ4v) is 3.08. The van der Waals surface area contributed by atoms with Crippen LogP contribution in [-0.4, -0.2) is 13.1 Å². The quantitative estimate of drug-likeness (QED) is 0.681. The summed E-state index contributed by atoms with van der Waals surface area (Å²) in [4.78, 5) is 0. The van der Waals surface area contributed by atoms with Crippen molar-refractivity contribution in [2.24, 2.45) is 11.3 Å². The minimum Gasteiger partial charge on any atom is -0.316 e. The molecule has 0 heterocycles. The molecule has 2 rings (SSSR count). The van der Waals surface area contributed by atoms with E-state index in [1.54, 1.807) is 0 Å². The normalized spacial score (nSPS) is 30.5. The highest BCUT2D eigenvalue weighted by Gasteiger charge is 2.43. The number of rotatable bonds is 3. The first-order valence-corrected chi connectivity index (χ1v) is 5.43. The molecule has 0 saturated heterocycles. The molecule has 0 aromatic carbocycles. The SMILES string of the molecule is CNC(C1CC1)C1(C)CCCC1. The maximum Gasteiger partial charge on any atom is 0.0146 e. The lowest BCUT2D eigenvalue weighted by atomic mass is 9.78. The zero-order valence-electron chi connectivity index (χ0n) is 8.40. The summed E-state index contributed by atoms with van der Waals surface area (Å²) in [5, 5.41) is 3.55. The van der Waals surface area contributed by atoms with Crippen molar-refractivity contribution in [2.75, 3.05) is 7.05 Å². The second kappa shape index (κ2) is 3.02. The van der Waals surface area contributed by atoms with Crippen LogP contribution in [-0.2, 0) is 0 Å². The summed E-state index contributed by atoms with van der Waals surface area (Å²) in [5.74, 6) is 1.01. The van der Waals surface area contributed by atoms with Crippen LogP contribution in [0.25, 0.3) is 0 Å². The lowest BCUT2D eigenvalue weighted by Gasteiger charge is -2.34. The molecule has 0 aromatic heterocycles. The molecule has 0 bridgehead atoms. The Balaban J connectivity index is 2.02. The van der Waals surface area contributed by atoms with E-state index in [4.69, 9.17) is 0 Å². The van der Waals surface area contributed by atoms with Gasteiger partial charge in [0.25, 0.3) is 0 Å². The van der Waals surface area contributed by atoms with Crippen molar-refractivity contribution in [1.82, 2.24) is 5.32 Å². The molecule has 1 atom stereocenters. The molecule has 2 aliphatic carbocycles. The third-order valence-electron chi connectivity index (χ3n) is 3.90. The van der Waals surface area contributed by atoms with Crippen molar-refractivity contribution in [3.8, 4) is 0 Å². The van der Waals surface area contributed by atoms with Gasteiger partial charge in [0.15, 0.2) is 0 Å². The molecule has 0 radical (unpaired) electrons. The molecular formula is C11H21N. The standard InChI is InChI=1S/C11H21N/c1-11(7-3-4-8-11)10(12-2)9-5-6-9/h9-10,12H,3-8H2,1-2H3. The molecule has 0 aromatic rings. The third-order valence-corrected chi connectivity index (χ3v) is 3.90. The first-order valence-electron chi connectivity index (χ1n) is 5.43. The van der Waals surface area contributed by atoms with Gasteiger partial charge < -0.3 is 5.32 Å². The molecule has 2 fully saturated rings. The topological polar surface area (TPSA) is 12.0 Å². The van der Waals surface area contributed by atoms with Crippen molar-refractivity contribution in [3.05, 3.63) is 0 Å². The van der Waals surface area contributed by atoms with Gasteiger partial charge in [-0.25, -0.2) is 0 Å². The molecule has 12 heavy (non-hydrogen) atoms. The third kappa shape index (κ3) is 1.39. The highest BCUT2D eigenvalue weighted by atomic mass is 14.9. The smallest absolute Gasteiger partial charge is 0.0146 e. The Morgan fingerprint density at radius 3 is 2.25 bits per heavy atom. The Labute approximate surface area is 75.9 Å². The Hall–Kier alpha value is -0.0400. The number of hydrogen-bond donors (Lipinski definition) is 1. The van der Waals surface area contributed by atoms with Gasteiger partial charge in [0.2, 0.25) is 0 Å². The molecule has 0 aliphatic heterocycles. The summed E-state index contributed by atoms with van der Waals surface area (Å²) in [6, 6.07) is 0.819. The molecule has 2 saturated carbocycles. The fourth-order valence-electron chi connectivity index (χ4n) is 3.08. The maximum atomic E-state index is 3.55. The minimum atomic E-state index is 0.635. The summed E-state index contributed by atoms with van der Waals surface area (Å²) in [6.07, 6.45) is 8.77. The molecule has 1 heteroatoms. The van der Waals surface area contributed by atoms with E-state index in [9.17, 15) is 0 Å². The fraction of sp³-hybridized carbons (Fsp3) is 1.00. The van der Waals surface area contributed by atoms with Crippen LogP contribution < -0.4 is 5.32 Å². The van der Waals surface area contributed by atoms with Crippen molar-refractivity contribution in [3.63, 3.8) is 0 Å². The summed E-state index contributed by atoms with van der Waals surface area (Å²) >= 11 is 0. The van der Waals surface area contributed by atoms with Crippen molar-refractivity contribution >= 4 is 0 Å². The Morgan fingerprint density at radius 2 is 1.83 bits per heavy atom. The average Bonchev–Trinajstić information content (AvgIpc) is 2.77. The highest BCUT2D eigenvalue weighted by molar-refractivity contribution is 4.98. The van der Waals surface area contributed by atoms with Crippen molar-refractivity contribution < 1.29 is 0 Å². The lowest BCUT2D eigenvalue weighted by Crippen LogP contribution is -2.41. The first-order chi connectivity index (χ1) is 5.76. The van der Waals surface area contributed by atoms with Gasteiger partial charge in [-0.05, 0) is 44.1 Å². The van der Waals surface area contributed by atoms with Gasteiger partial charge in [0, 0.05) is 6.04 Å². The van der Waals surface area contributed by atoms with E-state index in [1.807, 2.05) is 0 Å². The van der Waals surface area contributed by atoms with Gasteiger partial charge in [-0.15, -0.1) is 0 Å². The predicted molar refractivity (Wildman–Crippen MR) is 52.1 cm³/mol. The Kier molecular flexibility index (Phi) is 2.16. The van der Waals surface area contributed by atoms with E-state index < -0.39 is 0 Å². The van der Waals surface area contributed by atoms with Crippen LogP contribution in [0.2, 0.25) is 0 Å². The van der Waals surface area contributed by atoms with Crippen LogP contribution in [0, 0.1) is 11.3 Å². The average molecular weight is 167 g/mol. The van der Waals surface area contributed by atoms with Crippen molar-refractivity contribution in [2.45, 2.75) is 51.5 Å². The second-order valence-corrected chi connectivity index (χ2v) is 4.96. The van der Waals surface area contributed by atoms with E-state index in [0.29, 0.717) is 5.41 Å². The van der Waals surface area contributed by atoms with Crippen LogP contribution in [0.5, 0.6) is 0 Å². The Bertz CT molecular complexity index is 154. The molecule has 70 valence electrons. The monoisotopic (exact) mass is 167 g/mol. The first kappa shape index (κ1) is 8.55. The van der Waals surface area contributed by atoms with Gasteiger partial charge in [-0.2, -0.15) is 0 Å². The van der Waals surface area contributed by atoms with Gasteiger partial charge in [-0.1, -0.05) is 19.8 Å². The van der Waals surface area contributed by atoms with E-state index in [2.05, 4.69) is 19.3 Å². The minimum absolute atomic E-state index is 0.635. The van der Waals surface area contributed by atoms with E-state index >= 15 is 0 Å². The van der Waals surface area contributed by atoms with Crippen molar-refractivity contribution in [1.29, 1.82) is 0 Å². The number of hydrogen-bond acceptors (Lipinski definition) is 1. The van der Waals surface area contributed by atoms with E-state index in [0.717, 1.165) is 12.0 Å². The van der Waals surface area contributed by atoms with Crippen LogP contribution in [0.1, 0.15) is 45.4 Å². The summed E-state index contributed by atoms with van der Waals surface area (Å²) in [6.45, 7) is 2.49. The van der Waals surface area contributed by atoms with Gasteiger partial charge >= 0.3 is 0 Å². The molecule has 1 unspecified atom stereocenters. The zero-order valence-corrected chi connectivity index (χ0v) is 8.40. The molecule has 0 amide bonds. The van der Waals surface area contributed by atoms with Gasteiger partial charge in [0.05, 0.1) is 0 Å². The van der Waals surface area contributed by atoms with E-state index in [-0.39, 0.29) is 0 Å². The van der Waals surface area contributed by atoms with Gasteiger partial charge in [-0.3, -0.25) is 0 Å². The van der Waals surface area contributed by atoms with Crippen LogP contribution in [0.4, 0.5) is 0 Å². The lowest BCUT2D eigenvalue weighted by molar-refractivity contribution is 0.208. The molecular weight excluding hydrogens is 146 g/mol.